The molecule has 0 bridgehead atoms. The summed E-state index contributed by atoms with van der Waals surface area (Å²) in [5, 5.41) is 0. The summed E-state index contributed by atoms with van der Waals surface area (Å²) in [5.41, 5.74) is 0. The molecule has 0 aromatic heterocycles. The van der Waals surface area contributed by atoms with Crippen LogP contribution in [0.5, 0.6) is 0 Å². The molecule has 3 atom stereocenters. The summed E-state index contributed by atoms with van der Waals surface area (Å²) in [5.74, 6) is 0.632. The fourth-order valence-electron chi connectivity index (χ4n) is 2.14. The van der Waals surface area contributed by atoms with Gasteiger partial charge in [0.1, 0.15) is 0 Å². The second-order valence-electron chi connectivity index (χ2n) is 4.38. The van der Waals surface area contributed by atoms with Crippen LogP contribution in [0.1, 0.15) is 27.2 Å². The summed E-state index contributed by atoms with van der Waals surface area (Å²) in [4.78, 5) is 2.49. The highest BCUT2D eigenvalue weighted by Crippen LogP contribution is 2.14. The van der Waals surface area contributed by atoms with Crippen molar-refractivity contribution in [2.45, 2.75) is 39.4 Å². The van der Waals surface area contributed by atoms with Crippen molar-refractivity contribution in [2.75, 3.05) is 19.6 Å². The summed E-state index contributed by atoms with van der Waals surface area (Å²) >= 11 is 0. The zero-order valence-corrected chi connectivity index (χ0v) is 9.70. The molecule has 1 heterocycles. The molecule has 1 aliphatic heterocycles. The van der Waals surface area contributed by atoms with E-state index in [1.807, 2.05) is 0 Å². The number of hydrogen-bond acceptors (Lipinski definition) is 2. The van der Waals surface area contributed by atoms with Crippen LogP contribution in [0, 0.1) is 5.92 Å². The molecule has 0 spiro atoms. The largest absolute Gasteiger partial charge is 0.373 e. The second-order valence-corrected chi connectivity index (χ2v) is 4.38. The van der Waals surface area contributed by atoms with Crippen molar-refractivity contribution in [3.8, 4) is 0 Å². The first kappa shape index (κ1) is 11.7. The Morgan fingerprint density at radius 2 is 2.00 bits per heavy atom. The number of nitrogens with zero attached hydrogens (tertiary/aromatic N) is 1. The smallest absolute Gasteiger partial charge is 0.0678 e. The fraction of sp³-hybridized carbons (Fsp3) is 0.833. The van der Waals surface area contributed by atoms with Crippen LogP contribution < -0.4 is 0 Å². The Hall–Kier alpha value is -0.340. The summed E-state index contributed by atoms with van der Waals surface area (Å²) in [6.45, 7) is 13.7. The molecule has 0 saturated carbocycles. The topological polar surface area (TPSA) is 12.5 Å². The molecule has 0 aromatic carbocycles. The van der Waals surface area contributed by atoms with Crippen LogP contribution in [-0.4, -0.2) is 36.7 Å². The highest BCUT2D eigenvalue weighted by atomic mass is 16.5. The van der Waals surface area contributed by atoms with E-state index in [0.717, 1.165) is 19.6 Å². The van der Waals surface area contributed by atoms with Gasteiger partial charge in [0.15, 0.2) is 0 Å². The van der Waals surface area contributed by atoms with Gasteiger partial charge in [-0.2, -0.15) is 0 Å². The Bertz CT molecular complexity index is 171. The first-order chi connectivity index (χ1) is 6.65. The van der Waals surface area contributed by atoms with Crippen molar-refractivity contribution in [1.82, 2.24) is 4.90 Å². The Morgan fingerprint density at radius 1 is 1.43 bits per heavy atom. The van der Waals surface area contributed by atoms with Crippen LogP contribution in [-0.2, 0) is 4.74 Å². The van der Waals surface area contributed by atoms with Crippen molar-refractivity contribution in [1.29, 1.82) is 0 Å². The van der Waals surface area contributed by atoms with Gasteiger partial charge in [0.05, 0.1) is 12.2 Å². The maximum atomic E-state index is 5.70. The molecule has 0 N–H and O–H groups in total. The van der Waals surface area contributed by atoms with Crippen molar-refractivity contribution in [3.05, 3.63) is 12.7 Å². The predicted octanol–water partition coefficient (Wildman–Crippen LogP) is 2.31. The minimum Gasteiger partial charge on any atom is -0.373 e. The quantitative estimate of drug-likeness (QED) is 0.641. The zero-order valence-electron chi connectivity index (χ0n) is 9.70. The molecule has 0 aromatic rings. The van der Waals surface area contributed by atoms with Gasteiger partial charge in [0.25, 0.3) is 0 Å². The van der Waals surface area contributed by atoms with Crippen LogP contribution in [0.4, 0.5) is 0 Å². The molecule has 0 aliphatic carbocycles. The zero-order chi connectivity index (χ0) is 10.6. The molecule has 82 valence electrons. The van der Waals surface area contributed by atoms with Gasteiger partial charge in [-0.25, -0.2) is 0 Å². The lowest BCUT2D eigenvalue weighted by Crippen LogP contribution is -2.46. The van der Waals surface area contributed by atoms with Gasteiger partial charge in [-0.05, 0) is 26.2 Å². The molecule has 0 radical (unpaired) electrons. The van der Waals surface area contributed by atoms with Crippen LogP contribution in [0.15, 0.2) is 12.7 Å². The molecule has 0 amide bonds. The lowest BCUT2D eigenvalue weighted by molar-refractivity contribution is -0.0702. The molecule has 1 fully saturated rings. The third-order valence-electron chi connectivity index (χ3n) is 2.85. The Kier molecular flexibility index (Phi) is 4.63. The number of hydrogen-bond donors (Lipinski definition) is 0. The van der Waals surface area contributed by atoms with Gasteiger partial charge in [0, 0.05) is 19.6 Å². The summed E-state index contributed by atoms with van der Waals surface area (Å²) in [6.07, 6.45) is 4.01. The van der Waals surface area contributed by atoms with E-state index in [-0.39, 0.29) is 0 Å². The number of rotatable bonds is 4. The molecule has 2 heteroatoms. The fourth-order valence-corrected chi connectivity index (χ4v) is 2.14. The van der Waals surface area contributed by atoms with Crippen molar-refractivity contribution in [2.24, 2.45) is 5.92 Å². The summed E-state index contributed by atoms with van der Waals surface area (Å²) in [7, 11) is 0. The molecular weight excluding hydrogens is 174 g/mol. The minimum absolute atomic E-state index is 0.376. The molecular formula is C12H23NO. The normalized spacial score (nSPS) is 31.4. The minimum atomic E-state index is 0.376. The van der Waals surface area contributed by atoms with Crippen molar-refractivity contribution >= 4 is 0 Å². The predicted molar refractivity (Wildman–Crippen MR) is 60.4 cm³/mol. The van der Waals surface area contributed by atoms with E-state index in [1.54, 1.807) is 0 Å². The van der Waals surface area contributed by atoms with Gasteiger partial charge < -0.3 is 4.74 Å². The van der Waals surface area contributed by atoms with E-state index < -0.39 is 0 Å². The maximum absolute atomic E-state index is 5.70. The molecule has 14 heavy (non-hydrogen) atoms. The third-order valence-corrected chi connectivity index (χ3v) is 2.85. The van der Waals surface area contributed by atoms with Crippen molar-refractivity contribution in [3.63, 3.8) is 0 Å². The van der Waals surface area contributed by atoms with E-state index in [2.05, 4.69) is 38.3 Å². The number of ether oxygens (including phenoxy) is 1. The average Bonchev–Trinajstić information content (AvgIpc) is 2.12. The van der Waals surface area contributed by atoms with Gasteiger partial charge in [-0.1, -0.05) is 13.0 Å². The first-order valence-electron chi connectivity index (χ1n) is 5.66. The third kappa shape index (κ3) is 3.43. The van der Waals surface area contributed by atoms with Crippen LogP contribution in [0.2, 0.25) is 0 Å². The van der Waals surface area contributed by atoms with E-state index in [9.17, 15) is 0 Å². The van der Waals surface area contributed by atoms with E-state index in [1.165, 1.54) is 6.42 Å². The van der Waals surface area contributed by atoms with E-state index in [4.69, 9.17) is 4.74 Å². The first-order valence-corrected chi connectivity index (χ1v) is 5.66. The lowest BCUT2D eigenvalue weighted by Gasteiger charge is -2.36. The van der Waals surface area contributed by atoms with Crippen molar-refractivity contribution < 1.29 is 4.74 Å². The van der Waals surface area contributed by atoms with Crippen LogP contribution >= 0.6 is 0 Å². The lowest BCUT2D eigenvalue weighted by atomic mass is 10.1. The molecule has 1 aliphatic rings. The van der Waals surface area contributed by atoms with Gasteiger partial charge >= 0.3 is 0 Å². The van der Waals surface area contributed by atoms with Gasteiger partial charge in [-0.15, -0.1) is 6.58 Å². The standard InChI is InChI=1S/C12H23NO/c1-5-12(6-2)9-13-7-10(3)14-11(4)8-13/h5,10-12H,1,6-9H2,2-4H3. The highest BCUT2D eigenvalue weighted by molar-refractivity contribution is 4.83. The second kappa shape index (κ2) is 5.52. The van der Waals surface area contributed by atoms with Gasteiger partial charge in [0.2, 0.25) is 0 Å². The van der Waals surface area contributed by atoms with Crippen LogP contribution in [0.3, 0.4) is 0 Å². The summed E-state index contributed by atoms with van der Waals surface area (Å²) < 4.78 is 5.70. The molecule has 1 rings (SSSR count). The molecule has 2 nitrogen and oxygen atoms in total. The highest BCUT2D eigenvalue weighted by Gasteiger charge is 2.22. The SMILES string of the molecule is C=CC(CC)CN1CC(C)OC(C)C1. The van der Waals surface area contributed by atoms with Crippen LogP contribution in [0.25, 0.3) is 0 Å². The van der Waals surface area contributed by atoms with E-state index in [0.29, 0.717) is 18.1 Å². The Balaban J connectivity index is 2.39. The van der Waals surface area contributed by atoms with Gasteiger partial charge in [-0.3, -0.25) is 4.90 Å². The molecule has 3 unspecified atom stereocenters. The maximum Gasteiger partial charge on any atom is 0.0678 e. The average molecular weight is 197 g/mol. The van der Waals surface area contributed by atoms with E-state index >= 15 is 0 Å². The Labute approximate surface area is 87.9 Å². The summed E-state index contributed by atoms with van der Waals surface area (Å²) in [6, 6.07) is 0. The Morgan fingerprint density at radius 3 is 2.43 bits per heavy atom. The monoisotopic (exact) mass is 197 g/mol. The molecule has 1 saturated heterocycles. The number of morpholine rings is 1.